The Bertz CT molecular complexity index is 264. The summed E-state index contributed by atoms with van der Waals surface area (Å²) in [6, 6.07) is 0.268. The van der Waals surface area contributed by atoms with Gasteiger partial charge in [-0.3, -0.25) is 4.79 Å². The van der Waals surface area contributed by atoms with E-state index in [1.807, 2.05) is 0 Å². The summed E-state index contributed by atoms with van der Waals surface area (Å²) >= 11 is 3.50. The van der Waals surface area contributed by atoms with Crippen molar-refractivity contribution in [2.45, 2.75) is 78.2 Å². The molecule has 112 valence electrons. The molecule has 0 aromatic carbocycles. The van der Waals surface area contributed by atoms with E-state index >= 15 is 0 Å². The molecule has 2 nitrogen and oxygen atoms in total. The molecule has 0 spiro atoms. The number of alkyl halides is 1. The van der Waals surface area contributed by atoms with Crippen LogP contribution in [0.5, 0.6) is 0 Å². The van der Waals surface area contributed by atoms with Crippen molar-refractivity contribution in [1.82, 2.24) is 5.32 Å². The number of nitrogens with one attached hydrogen (secondary N) is 1. The lowest BCUT2D eigenvalue weighted by Crippen LogP contribution is -2.46. The highest BCUT2D eigenvalue weighted by molar-refractivity contribution is 9.09. The fraction of sp³-hybridized carbons (Fsp3) is 0.938. The number of carbonyl (C=O) groups excluding carboxylic acids is 1. The molecule has 1 aliphatic carbocycles. The highest BCUT2D eigenvalue weighted by Crippen LogP contribution is 2.26. The summed E-state index contributed by atoms with van der Waals surface area (Å²) in [5, 5.41) is 4.25. The Labute approximate surface area is 127 Å². The molecule has 3 heteroatoms. The van der Waals surface area contributed by atoms with Gasteiger partial charge in [-0.05, 0) is 24.7 Å². The maximum Gasteiger partial charge on any atom is 0.223 e. The summed E-state index contributed by atoms with van der Waals surface area (Å²) in [6.07, 6.45) is 9.55. The van der Waals surface area contributed by atoms with E-state index in [9.17, 15) is 4.79 Å². The van der Waals surface area contributed by atoms with Crippen molar-refractivity contribution in [1.29, 1.82) is 0 Å². The van der Waals surface area contributed by atoms with Crippen LogP contribution in [0, 0.1) is 11.3 Å². The Morgan fingerprint density at radius 3 is 2.16 bits per heavy atom. The number of rotatable bonds is 4. The zero-order valence-electron chi connectivity index (χ0n) is 12.8. The third-order valence-corrected chi connectivity index (χ3v) is 4.69. The molecule has 0 aromatic heterocycles. The average molecular weight is 332 g/mol. The van der Waals surface area contributed by atoms with Crippen molar-refractivity contribution in [3.63, 3.8) is 0 Å². The van der Waals surface area contributed by atoms with Crippen molar-refractivity contribution < 1.29 is 4.79 Å². The third kappa shape index (κ3) is 6.29. The number of amides is 1. The monoisotopic (exact) mass is 331 g/mol. The Kier molecular flexibility index (Phi) is 7.41. The van der Waals surface area contributed by atoms with Gasteiger partial charge in [0.1, 0.15) is 0 Å². The van der Waals surface area contributed by atoms with Crippen molar-refractivity contribution >= 4 is 21.8 Å². The van der Waals surface area contributed by atoms with Gasteiger partial charge in [0.05, 0.1) is 0 Å². The fourth-order valence-corrected chi connectivity index (χ4v) is 3.30. The molecule has 0 aromatic rings. The lowest BCUT2D eigenvalue weighted by Gasteiger charge is -2.33. The Hall–Kier alpha value is -0.0500. The molecule has 19 heavy (non-hydrogen) atoms. The van der Waals surface area contributed by atoms with Crippen LogP contribution in [0.1, 0.15) is 72.1 Å². The average Bonchev–Trinajstić information content (AvgIpc) is 2.26. The van der Waals surface area contributed by atoms with E-state index in [2.05, 4.69) is 42.0 Å². The highest BCUT2D eigenvalue weighted by atomic mass is 79.9. The second-order valence-corrected chi connectivity index (χ2v) is 7.74. The number of halogens is 1. The van der Waals surface area contributed by atoms with Gasteiger partial charge in [-0.25, -0.2) is 0 Å². The molecule has 1 amide bonds. The molecule has 0 aliphatic heterocycles. The van der Waals surface area contributed by atoms with Crippen LogP contribution in [0.3, 0.4) is 0 Å². The maximum absolute atomic E-state index is 12.5. The van der Waals surface area contributed by atoms with E-state index in [4.69, 9.17) is 0 Å². The summed E-state index contributed by atoms with van der Waals surface area (Å²) in [5.41, 5.74) is 0.130. The van der Waals surface area contributed by atoms with Gasteiger partial charge >= 0.3 is 0 Å². The van der Waals surface area contributed by atoms with Crippen LogP contribution in [-0.4, -0.2) is 17.3 Å². The van der Waals surface area contributed by atoms with Crippen LogP contribution in [0.4, 0.5) is 0 Å². The third-order valence-electron chi connectivity index (χ3n) is 4.24. The highest BCUT2D eigenvalue weighted by Gasteiger charge is 2.28. The van der Waals surface area contributed by atoms with Crippen LogP contribution in [0.25, 0.3) is 0 Å². The summed E-state index contributed by atoms with van der Waals surface area (Å²) in [4.78, 5) is 12.5. The summed E-state index contributed by atoms with van der Waals surface area (Å²) in [6.45, 7) is 6.62. The molecule has 0 heterocycles. The summed E-state index contributed by atoms with van der Waals surface area (Å²) in [7, 11) is 0. The van der Waals surface area contributed by atoms with Crippen LogP contribution in [0.2, 0.25) is 0 Å². The van der Waals surface area contributed by atoms with E-state index in [1.54, 1.807) is 0 Å². The van der Waals surface area contributed by atoms with Crippen LogP contribution >= 0.6 is 15.9 Å². The molecule has 1 rings (SSSR count). The van der Waals surface area contributed by atoms with Gasteiger partial charge in [-0.1, -0.05) is 68.8 Å². The SMILES string of the molecule is CC(C)(C)C(CCBr)NC(=O)C1CCCCCCC1. The van der Waals surface area contributed by atoms with E-state index in [0.29, 0.717) is 5.91 Å². The van der Waals surface area contributed by atoms with Crippen LogP contribution in [0.15, 0.2) is 0 Å². The predicted octanol–water partition coefficient (Wildman–Crippen LogP) is 4.66. The standard InChI is InChI=1S/C16H30BrNO/c1-16(2,3)14(11-12-17)18-15(19)13-9-7-5-4-6-8-10-13/h13-14H,4-12H2,1-3H3,(H,18,19). The van der Waals surface area contributed by atoms with E-state index < -0.39 is 0 Å². The smallest absolute Gasteiger partial charge is 0.223 e. The zero-order valence-corrected chi connectivity index (χ0v) is 14.4. The van der Waals surface area contributed by atoms with Crippen LogP contribution < -0.4 is 5.32 Å². The fourth-order valence-electron chi connectivity index (χ4n) is 2.84. The van der Waals surface area contributed by atoms with Gasteiger partial charge in [0.2, 0.25) is 5.91 Å². The van der Waals surface area contributed by atoms with Gasteiger partial charge < -0.3 is 5.32 Å². The second kappa shape index (κ2) is 8.28. The molecule has 1 unspecified atom stereocenters. The van der Waals surface area contributed by atoms with E-state index in [1.165, 1.54) is 32.1 Å². The molecule has 0 radical (unpaired) electrons. The predicted molar refractivity (Wildman–Crippen MR) is 85.6 cm³/mol. The molecular weight excluding hydrogens is 302 g/mol. The number of carbonyl (C=O) groups is 1. The number of hydrogen-bond acceptors (Lipinski definition) is 1. The normalized spacial score (nSPS) is 20.4. The molecule has 1 saturated carbocycles. The second-order valence-electron chi connectivity index (χ2n) is 6.95. The molecule has 0 saturated heterocycles. The van der Waals surface area contributed by atoms with Gasteiger partial charge in [0, 0.05) is 17.3 Å². The van der Waals surface area contributed by atoms with Crippen LogP contribution in [-0.2, 0) is 4.79 Å². The topological polar surface area (TPSA) is 29.1 Å². The van der Waals surface area contributed by atoms with Gasteiger partial charge in [-0.15, -0.1) is 0 Å². The van der Waals surface area contributed by atoms with Gasteiger partial charge in [0.25, 0.3) is 0 Å². The minimum atomic E-state index is 0.130. The number of hydrogen-bond donors (Lipinski definition) is 1. The first-order chi connectivity index (χ1) is 8.95. The van der Waals surface area contributed by atoms with Gasteiger partial charge in [-0.2, -0.15) is 0 Å². The molecule has 1 N–H and O–H groups in total. The lowest BCUT2D eigenvalue weighted by molar-refractivity contribution is -0.127. The zero-order chi connectivity index (χ0) is 14.3. The summed E-state index contributed by atoms with van der Waals surface area (Å²) in [5.74, 6) is 0.545. The first kappa shape index (κ1) is 17.0. The van der Waals surface area contributed by atoms with E-state index in [0.717, 1.165) is 24.6 Å². The Morgan fingerprint density at radius 2 is 1.68 bits per heavy atom. The van der Waals surface area contributed by atoms with Crippen molar-refractivity contribution in [2.75, 3.05) is 5.33 Å². The molecule has 1 atom stereocenters. The Balaban J connectivity index is 2.54. The quantitative estimate of drug-likeness (QED) is 0.745. The molecule has 0 bridgehead atoms. The first-order valence-electron chi connectivity index (χ1n) is 7.81. The molecule has 1 fully saturated rings. The lowest BCUT2D eigenvalue weighted by atomic mass is 9.84. The van der Waals surface area contributed by atoms with Gasteiger partial charge in [0.15, 0.2) is 0 Å². The van der Waals surface area contributed by atoms with Crippen molar-refractivity contribution in [3.8, 4) is 0 Å². The maximum atomic E-state index is 12.5. The Morgan fingerprint density at radius 1 is 1.16 bits per heavy atom. The summed E-state index contributed by atoms with van der Waals surface area (Å²) < 4.78 is 0. The molecule has 1 aliphatic rings. The first-order valence-corrected chi connectivity index (χ1v) is 8.93. The molecular formula is C16H30BrNO. The minimum absolute atomic E-state index is 0.130. The van der Waals surface area contributed by atoms with E-state index in [-0.39, 0.29) is 17.4 Å². The minimum Gasteiger partial charge on any atom is -0.353 e. The van der Waals surface area contributed by atoms with Crippen molar-refractivity contribution in [2.24, 2.45) is 11.3 Å². The van der Waals surface area contributed by atoms with Crippen molar-refractivity contribution in [3.05, 3.63) is 0 Å². The largest absolute Gasteiger partial charge is 0.353 e.